The van der Waals surface area contributed by atoms with E-state index in [0.29, 0.717) is 24.5 Å². The zero-order chi connectivity index (χ0) is 13.7. The summed E-state index contributed by atoms with van der Waals surface area (Å²) in [6.07, 6.45) is 3.44. The van der Waals surface area contributed by atoms with E-state index in [-0.39, 0.29) is 18.6 Å². The van der Waals surface area contributed by atoms with E-state index in [0.717, 1.165) is 12.8 Å². The predicted molar refractivity (Wildman–Crippen MR) is 73.3 cm³/mol. The molecule has 4 nitrogen and oxygen atoms in total. The van der Waals surface area contributed by atoms with E-state index >= 15 is 0 Å². The monoisotopic (exact) mass is 261 g/mol. The lowest BCUT2D eigenvalue weighted by molar-refractivity contribution is 0.0674. The van der Waals surface area contributed by atoms with Crippen LogP contribution in [0.25, 0.3) is 0 Å². The molecule has 0 saturated carbocycles. The first-order chi connectivity index (χ1) is 9.27. The number of aliphatic hydroxyl groups excluding tert-OH is 1. The van der Waals surface area contributed by atoms with Crippen molar-refractivity contribution in [3.8, 4) is 5.75 Å². The Morgan fingerprint density at radius 2 is 2.32 bits per heavy atom. The highest BCUT2D eigenvalue weighted by molar-refractivity contribution is 5.97. The molecule has 0 unspecified atom stereocenters. The van der Waals surface area contributed by atoms with Gasteiger partial charge in [0.25, 0.3) is 5.91 Å². The SMILES string of the molecule is C=CCOc1ccccc1C(=O)N1CCC[C@H]1CO. The van der Waals surface area contributed by atoms with Gasteiger partial charge in [0.2, 0.25) is 0 Å². The molecule has 1 fully saturated rings. The van der Waals surface area contributed by atoms with Gasteiger partial charge in [-0.1, -0.05) is 24.8 Å². The highest BCUT2D eigenvalue weighted by atomic mass is 16.5. The van der Waals surface area contributed by atoms with Crippen LogP contribution in [0.1, 0.15) is 23.2 Å². The van der Waals surface area contributed by atoms with Gasteiger partial charge >= 0.3 is 0 Å². The van der Waals surface area contributed by atoms with Crippen LogP contribution in [0.5, 0.6) is 5.75 Å². The molecule has 1 atom stereocenters. The van der Waals surface area contributed by atoms with Crippen molar-refractivity contribution < 1.29 is 14.6 Å². The van der Waals surface area contributed by atoms with Crippen molar-refractivity contribution in [3.05, 3.63) is 42.5 Å². The van der Waals surface area contributed by atoms with Crippen molar-refractivity contribution in [2.24, 2.45) is 0 Å². The Balaban J connectivity index is 2.20. The zero-order valence-corrected chi connectivity index (χ0v) is 10.9. The number of likely N-dealkylation sites (tertiary alicyclic amines) is 1. The molecule has 1 aromatic carbocycles. The fourth-order valence-electron chi connectivity index (χ4n) is 2.37. The number of hydrogen-bond acceptors (Lipinski definition) is 3. The maximum absolute atomic E-state index is 12.5. The lowest BCUT2D eigenvalue weighted by atomic mass is 10.1. The minimum absolute atomic E-state index is 0.0153. The highest BCUT2D eigenvalue weighted by Crippen LogP contribution is 2.25. The van der Waals surface area contributed by atoms with Crippen LogP contribution in [0.15, 0.2) is 36.9 Å². The van der Waals surface area contributed by atoms with Gasteiger partial charge in [-0.3, -0.25) is 4.79 Å². The van der Waals surface area contributed by atoms with E-state index in [1.165, 1.54) is 0 Å². The molecular weight excluding hydrogens is 242 g/mol. The van der Waals surface area contributed by atoms with E-state index in [1.807, 2.05) is 12.1 Å². The molecule has 1 aliphatic heterocycles. The van der Waals surface area contributed by atoms with E-state index in [4.69, 9.17) is 4.74 Å². The van der Waals surface area contributed by atoms with Crippen LogP contribution in [-0.2, 0) is 0 Å². The third-order valence-corrected chi connectivity index (χ3v) is 3.32. The molecular formula is C15H19NO3. The smallest absolute Gasteiger partial charge is 0.257 e. The molecule has 1 amide bonds. The summed E-state index contributed by atoms with van der Waals surface area (Å²) in [7, 11) is 0. The van der Waals surface area contributed by atoms with E-state index < -0.39 is 0 Å². The second-order valence-electron chi connectivity index (χ2n) is 4.57. The zero-order valence-electron chi connectivity index (χ0n) is 10.9. The Hall–Kier alpha value is -1.81. The van der Waals surface area contributed by atoms with Crippen LogP contribution < -0.4 is 4.74 Å². The molecule has 1 N–H and O–H groups in total. The average molecular weight is 261 g/mol. The first-order valence-corrected chi connectivity index (χ1v) is 6.52. The van der Waals surface area contributed by atoms with Gasteiger partial charge in [0, 0.05) is 6.54 Å². The van der Waals surface area contributed by atoms with Crippen molar-refractivity contribution in [1.29, 1.82) is 0 Å². The lowest BCUT2D eigenvalue weighted by Gasteiger charge is -2.24. The number of rotatable bonds is 5. The van der Waals surface area contributed by atoms with Crippen LogP contribution in [-0.4, -0.2) is 41.7 Å². The Labute approximate surface area is 113 Å². The van der Waals surface area contributed by atoms with Crippen LogP contribution in [0.3, 0.4) is 0 Å². The largest absolute Gasteiger partial charge is 0.489 e. The molecule has 1 heterocycles. The number of para-hydroxylation sites is 1. The Morgan fingerprint density at radius 1 is 1.53 bits per heavy atom. The first kappa shape index (κ1) is 13.6. The molecule has 0 bridgehead atoms. The summed E-state index contributed by atoms with van der Waals surface area (Å²) in [6, 6.07) is 7.12. The molecule has 0 aliphatic carbocycles. The molecule has 4 heteroatoms. The summed E-state index contributed by atoms with van der Waals surface area (Å²) in [5.41, 5.74) is 0.546. The third kappa shape index (κ3) is 2.96. The topological polar surface area (TPSA) is 49.8 Å². The van der Waals surface area contributed by atoms with Crippen LogP contribution in [0, 0.1) is 0 Å². The summed E-state index contributed by atoms with van der Waals surface area (Å²) >= 11 is 0. The highest BCUT2D eigenvalue weighted by Gasteiger charge is 2.30. The summed E-state index contributed by atoms with van der Waals surface area (Å²) in [5, 5.41) is 9.30. The van der Waals surface area contributed by atoms with Crippen molar-refractivity contribution in [3.63, 3.8) is 0 Å². The molecule has 1 aliphatic rings. The van der Waals surface area contributed by atoms with Gasteiger partial charge in [-0.15, -0.1) is 0 Å². The molecule has 0 spiro atoms. The van der Waals surface area contributed by atoms with Gasteiger partial charge in [-0.25, -0.2) is 0 Å². The maximum atomic E-state index is 12.5. The Morgan fingerprint density at radius 3 is 3.05 bits per heavy atom. The number of nitrogens with zero attached hydrogens (tertiary/aromatic N) is 1. The predicted octanol–water partition coefficient (Wildman–Crippen LogP) is 1.85. The normalized spacial score (nSPS) is 18.4. The van der Waals surface area contributed by atoms with Crippen molar-refractivity contribution in [2.45, 2.75) is 18.9 Å². The number of benzene rings is 1. The second-order valence-corrected chi connectivity index (χ2v) is 4.57. The number of carbonyl (C=O) groups excluding carboxylic acids is 1. The number of carbonyl (C=O) groups is 1. The molecule has 19 heavy (non-hydrogen) atoms. The fraction of sp³-hybridized carbons (Fsp3) is 0.400. The van der Waals surface area contributed by atoms with Crippen molar-refractivity contribution in [2.75, 3.05) is 19.8 Å². The molecule has 1 saturated heterocycles. The van der Waals surface area contributed by atoms with Crippen LogP contribution >= 0.6 is 0 Å². The number of ether oxygens (including phenoxy) is 1. The molecule has 2 rings (SSSR count). The second kappa shape index (κ2) is 6.38. The third-order valence-electron chi connectivity index (χ3n) is 3.32. The van der Waals surface area contributed by atoms with E-state index in [1.54, 1.807) is 23.1 Å². The van der Waals surface area contributed by atoms with Gasteiger partial charge in [0.15, 0.2) is 0 Å². The van der Waals surface area contributed by atoms with Crippen LogP contribution in [0.2, 0.25) is 0 Å². The summed E-state index contributed by atoms with van der Waals surface area (Å²) in [5.74, 6) is 0.493. The lowest BCUT2D eigenvalue weighted by Crippen LogP contribution is -2.37. The van der Waals surface area contributed by atoms with Crippen molar-refractivity contribution in [1.82, 2.24) is 4.90 Å². The molecule has 1 aromatic rings. The van der Waals surface area contributed by atoms with Gasteiger partial charge < -0.3 is 14.7 Å². The molecule has 0 radical (unpaired) electrons. The average Bonchev–Trinajstić information content (AvgIpc) is 2.93. The quantitative estimate of drug-likeness (QED) is 0.823. The van der Waals surface area contributed by atoms with Gasteiger partial charge in [0.05, 0.1) is 18.2 Å². The summed E-state index contributed by atoms with van der Waals surface area (Å²) in [4.78, 5) is 14.2. The first-order valence-electron chi connectivity index (χ1n) is 6.52. The number of amides is 1. The standard InChI is InChI=1S/C15H19NO3/c1-2-10-19-14-8-4-3-7-13(14)15(18)16-9-5-6-12(16)11-17/h2-4,7-8,12,17H,1,5-6,9-11H2/t12-/m0/s1. The van der Waals surface area contributed by atoms with Crippen LogP contribution in [0.4, 0.5) is 0 Å². The van der Waals surface area contributed by atoms with Gasteiger partial charge in [-0.2, -0.15) is 0 Å². The summed E-state index contributed by atoms with van der Waals surface area (Å²) < 4.78 is 5.51. The minimum Gasteiger partial charge on any atom is -0.489 e. The maximum Gasteiger partial charge on any atom is 0.257 e. The molecule has 102 valence electrons. The Kier molecular flexibility index (Phi) is 4.58. The fourth-order valence-corrected chi connectivity index (χ4v) is 2.37. The number of hydrogen-bond donors (Lipinski definition) is 1. The summed E-state index contributed by atoms with van der Waals surface area (Å²) in [6.45, 7) is 4.68. The Bertz CT molecular complexity index is 458. The van der Waals surface area contributed by atoms with E-state index in [2.05, 4.69) is 6.58 Å². The number of aliphatic hydroxyl groups is 1. The molecule has 0 aromatic heterocycles. The van der Waals surface area contributed by atoms with E-state index in [9.17, 15) is 9.90 Å². The van der Waals surface area contributed by atoms with Crippen molar-refractivity contribution >= 4 is 5.91 Å². The van der Waals surface area contributed by atoms with Gasteiger partial charge in [-0.05, 0) is 25.0 Å². The minimum atomic E-state index is -0.0730. The van der Waals surface area contributed by atoms with Gasteiger partial charge in [0.1, 0.15) is 12.4 Å².